The highest BCUT2D eigenvalue weighted by Gasteiger charge is 2.33. The van der Waals surface area contributed by atoms with Crippen molar-refractivity contribution in [3.63, 3.8) is 0 Å². The van der Waals surface area contributed by atoms with E-state index >= 15 is 0 Å². The third-order valence-corrected chi connectivity index (χ3v) is 7.13. The zero-order valence-electron chi connectivity index (χ0n) is 11.9. The molecule has 0 radical (unpaired) electrons. The van der Waals surface area contributed by atoms with E-state index in [1.54, 1.807) is 18.4 Å². The zero-order chi connectivity index (χ0) is 14.8. The van der Waals surface area contributed by atoms with E-state index in [2.05, 4.69) is 0 Å². The molecular weight excluding hydrogens is 296 g/mol. The van der Waals surface area contributed by atoms with Crippen molar-refractivity contribution in [1.29, 1.82) is 0 Å². The van der Waals surface area contributed by atoms with Crippen LogP contribution in [0, 0.1) is 5.92 Å². The minimum Gasteiger partial charge on any atom is -0.396 e. The number of piperidine rings is 1. The third kappa shape index (κ3) is 3.23. The first-order valence-electron chi connectivity index (χ1n) is 6.84. The van der Waals surface area contributed by atoms with Crippen LogP contribution < -0.4 is 0 Å². The highest BCUT2D eigenvalue weighted by atomic mass is 32.2. The molecule has 0 bridgehead atoms. The van der Waals surface area contributed by atoms with Gasteiger partial charge in [0.1, 0.15) is 0 Å². The van der Waals surface area contributed by atoms with Gasteiger partial charge in [-0.2, -0.15) is 17.0 Å². The summed E-state index contributed by atoms with van der Waals surface area (Å²) in [4.78, 5) is 1.04. The molecule has 0 aliphatic carbocycles. The fraction of sp³-hybridized carbons (Fsp3) is 0.692. The lowest BCUT2D eigenvalue weighted by atomic mass is 10.00. The Kier molecular flexibility index (Phi) is 5.19. The van der Waals surface area contributed by atoms with Crippen LogP contribution in [0.25, 0.3) is 0 Å². The van der Waals surface area contributed by atoms with Crippen LogP contribution in [0.15, 0.2) is 17.5 Å². The van der Waals surface area contributed by atoms with Crippen molar-refractivity contribution in [2.24, 2.45) is 5.92 Å². The van der Waals surface area contributed by atoms with Gasteiger partial charge >= 0.3 is 0 Å². The molecule has 0 saturated carbocycles. The van der Waals surface area contributed by atoms with Crippen molar-refractivity contribution in [3.05, 3.63) is 22.4 Å². The van der Waals surface area contributed by atoms with Gasteiger partial charge in [-0.15, -0.1) is 11.3 Å². The van der Waals surface area contributed by atoms with Crippen LogP contribution in [0.5, 0.6) is 0 Å². The van der Waals surface area contributed by atoms with E-state index in [9.17, 15) is 8.42 Å². The number of hydrogen-bond donors (Lipinski definition) is 1. The van der Waals surface area contributed by atoms with Crippen molar-refractivity contribution in [3.8, 4) is 0 Å². The molecule has 114 valence electrons. The molecule has 1 saturated heterocycles. The van der Waals surface area contributed by atoms with Gasteiger partial charge in [-0.1, -0.05) is 6.07 Å². The second-order valence-electron chi connectivity index (χ2n) is 5.24. The predicted molar refractivity (Wildman–Crippen MR) is 80.8 cm³/mol. The quantitative estimate of drug-likeness (QED) is 0.899. The topological polar surface area (TPSA) is 60.9 Å². The van der Waals surface area contributed by atoms with Crippen LogP contribution in [0.3, 0.4) is 0 Å². The second-order valence-corrected chi connectivity index (χ2v) is 8.21. The molecular formula is C13H22N2O3S2. The summed E-state index contributed by atoms with van der Waals surface area (Å²) in [5.74, 6) is 0.237. The summed E-state index contributed by atoms with van der Waals surface area (Å²) < 4.78 is 28.2. The molecule has 0 aromatic carbocycles. The van der Waals surface area contributed by atoms with E-state index in [0.717, 1.165) is 17.7 Å². The highest BCUT2D eigenvalue weighted by molar-refractivity contribution is 7.86. The zero-order valence-corrected chi connectivity index (χ0v) is 13.5. The first kappa shape index (κ1) is 15.9. The van der Waals surface area contributed by atoms with Gasteiger partial charge in [-0.05, 0) is 37.1 Å². The Morgan fingerprint density at radius 1 is 1.50 bits per heavy atom. The Labute approximate surface area is 125 Å². The fourth-order valence-corrected chi connectivity index (χ4v) is 4.86. The molecule has 0 spiro atoms. The first-order chi connectivity index (χ1) is 9.46. The molecule has 1 aliphatic heterocycles. The van der Waals surface area contributed by atoms with Gasteiger partial charge in [-0.25, -0.2) is 0 Å². The van der Waals surface area contributed by atoms with Crippen LogP contribution in [-0.2, 0) is 10.2 Å². The minimum atomic E-state index is -3.43. The maximum Gasteiger partial charge on any atom is 0.282 e. The maximum atomic E-state index is 12.6. The van der Waals surface area contributed by atoms with Crippen LogP contribution in [0.2, 0.25) is 0 Å². The standard InChI is InChI=1S/C13H22N2O3S2/c1-11(13-4-3-9-19-13)14(2)20(17,18)15-7-5-12(10-16)6-8-15/h3-4,9,11-12,16H,5-8,10H2,1-2H3. The second kappa shape index (κ2) is 6.53. The minimum absolute atomic E-state index is 0.148. The fourth-order valence-electron chi connectivity index (χ4n) is 2.41. The molecule has 1 N–H and O–H groups in total. The van der Waals surface area contributed by atoms with Crippen LogP contribution in [-0.4, -0.2) is 48.9 Å². The molecule has 1 fully saturated rings. The molecule has 1 aromatic rings. The highest BCUT2D eigenvalue weighted by Crippen LogP contribution is 2.28. The first-order valence-corrected chi connectivity index (χ1v) is 9.12. The Bertz CT molecular complexity index is 508. The van der Waals surface area contributed by atoms with Crippen molar-refractivity contribution < 1.29 is 13.5 Å². The van der Waals surface area contributed by atoms with Gasteiger partial charge in [0.2, 0.25) is 0 Å². The van der Waals surface area contributed by atoms with Gasteiger partial charge in [0, 0.05) is 31.6 Å². The van der Waals surface area contributed by atoms with Gasteiger partial charge in [0.25, 0.3) is 10.2 Å². The monoisotopic (exact) mass is 318 g/mol. The molecule has 0 amide bonds. The summed E-state index contributed by atoms with van der Waals surface area (Å²) in [6.07, 6.45) is 1.47. The van der Waals surface area contributed by atoms with Crippen molar-refractivity contribution in [1.82, 2.24) is 8.61 Å². The molecule has 1 aromatic heterocycles. The normalized spacial score (nSPS) is 20.4. The van der Waals surface area contributed by atoms with Crippen LogP contribution >= 0.6 is 11.3 Å². The Morgan fingerprint density at radius 2 is 2.15 bits per heavy atom. The molecule has 20 heavy (non-hydrogen) atoms. The Hall–Kier alpha value is -0.470. The molecule has 7 heteroatoms. The number of nitrogens with zero attached hydrogens (tertiary/aromatic N) is 2. The number of aliphatic hydroxyl groups excluding tert-OH is 1. The Morgan fingerprint density at radius 3 is 2.65 bits per heavy atom. The van der Waals surface area contributed by atoms with E-state index in [1.165, 1.54) is 8.61 Å². The summed E-state index contributed by atoms with van der Waals surface area (Å²) in [7, 11) is -1.79. The average Bonchev–Trinajstić information content (AvgIpc) is 3.00. The van der Waals surface area contributed by atoms with Crippen LogP contribution in [0.1, 0.15) is 30.7 Å². The van der Waals surface area contributed by atoms with E-state index < -0.39 is 10.2 Å². The maximum absolute atomic E-state index is 12.6. The largest absolute Gasteiger partial charge is 0.396 e. The molecule has 2 rings (SSSR count). The molecule has 2 heterocycles. The van der Waals surface area contributed by atoms with E-state index in [0.29, 0.717) is 13.1 Å². The van der Waals surface area contributed by atoms with E-state index in [-0.39, 0.29) is 18.6 Å². The van der Waals surface area contributed by atoms with Gasteiger partial charge in [0.15, 0.2) is 0 Å². The molecule has 1 aliphatic rings. The summed E-state index contributed by atoms with van der Waals surface area (Å²) in [6, 6.07) is 3.74. The Balaban J connectivity index is 2.06. The lowest BCUT2D eigenvalue weighted by molar-refractivity contribution is 0.165. The van der Waals surface area contributed by atoms with E-state index in [1.807, 2.05) is 24.4 Å². The number of hydrogen-bond acceptors (Lipinski definition) is 4. The number of aliphatic hydroxyl groups is 1. The van der Waals surface area contributed by atoms with Crippen molar-refractivity contribution in [2.45, 2.75) is 25.8 Å². The van der Waals surface area contributed by atoms with Crippen molar-refractivity contribution in [2.75, 3.05) is 26.7 Å². The SMILES string of the molecule is CC(c1cccs1)N(C)S(=O)(=O)N1CCC(CO)CC1. The number of rotatable bonds is 5. The van der Waals surface area contributed by atoms with Crippen molar-refractivity contribution >= 4 is 21.5 Å². The summed E-state index contributed by atoms with van der Waals surface area (Å²) in [6.45, 7) is 3.04. The van der Waals surface area contributed by atoms with Gasteiger partial charge < -0.3 is 5.11 Å². The number of thiophene rings is 1. The molecule has 5 nitrogen and oxygen atoms in total. The summed E-state index contributed by atoms with van der Waals surface area (Å²) >= 11 is 1.57. The lowest BCUT2D eigenvalue weighted by Crippen LogP contribution is -2.46. The third-order valence-electron chi connectivity index (χ3n) is 4.02. The average molecular weight is 318 g/mol. The van der Waals surface area contributed by atoms with Gasteiger partial charge in [0.05, 0.1) is 6.04 Å². The van der Waals surface area contributed by atoms with Gasteiger partial charge in [-0.3, -0.25) is 0 Å². The lowest BCUT2D eigenvalue weighted by Gasteiger charge is -2.34. The molecule has 1 unspecified atom stereocenters. The van der Waals surface area contributed by atoms with E-state index in [4.69, 9.17) is 5.11 Å². The summed E-state index contributed by atoms with van der Waals surface area (Å²) in [5.41, 5.74) is 0. The summed E-state index contributed by atoms with van der Waals surface area (Å²) in [5, 5.41) is 11.1. The smallest absolute Gasteiger partial charge is 0.282 e. The van der Waals surface area contributed by atoms with Crippen LogP contribution in [0.4, 0.5) is 0 Å². The predicted octanol–water partition coefficient (Wildman–Crippen LogP) is 1.69. The molecule has 1 atom stereocenters.